The van der Waals surface area contributed by atoms with E-state index in [1.807, 2.05) is 0 Å². The van der Waals surface area contributed by atoms with Crippen molar-refractivity contribution in [1.82, 2.24) is 0 Å². The lowest BCUT2D eigenvalue weighted by Crippen LogP contribution is -2.50. The van der Waals surface area contributed by atoms with Gasteiger partial charge in [-0.1, -0.05) is 18.8 Å². The number of hydrogen-bond donors (Lipinski definition) is 2. The summed E-state index contributed by atoms with van der Waals surface area (Å²) in [5.41, 5.74) is 11.2. The van der Waals surface area contributed by atoms with Crippen molar-refractivity contribution in [2.45, 2.75) is 31.2 Å². The van der Waals surface area contributed by atoms with Gasteiger partial charge in [0.2, 0.25) is 0 Å². The van der Waals surface area contributed by atoms with Gasteiger partial charge in [-0.2, -0.15) is 0 Å². The first-order chi connectivity index (χ1) is 5.23. The van der Waals surface area contributed by atoms with E-state index in [0.717, 1.165) is 19.3 Å². The summed E-state index contributed by atoms with van der Waals surface area (Å²) >= 11 is 0. The van der Waals surface area contributed by atoms with Crippen LogP contribution in [0.25, 0.3) is 0 Å². The molecule has 1 saturated carbocycles. The molecule has 4 N–H and O–H groups in total. The molecule has 2 heteroatoms. The van der Waals surface area contributed by atoms with Crippen molar-refractivity contribution in [2.75, 3.05) is 6.54 Å². The van der Waals surface area contributed by atoms with Gasteiger partial charge in [0.1, 0.15) is 0 Å². The quantitative estimate of drug-likeness (QED) is 0.536. The van der Waals surface area contributed by atoms with Crippen molar-refractivity contribution in [1.29, 1.82) is 0 Å². The Kier molecular flexibility index (Phi) is 2.53. The third-order valence-corrected chi connectivity index (χ3v) is 2.67. The highest BCUT2D eigenvalue weighted by Gasteiger charge is 2.34. The van der Waals surface area contributed by atoms with Crippen molar-refractivity contribution < 1.29 is 0 Å². The number of nitrogens with two attached hydrogens (primary N) is 2. The first kappa shape index (κ1) is 8.58. The van der Waals surface area contributed by atoms with Crippen LogP contribution in [0.4, 0.5) is 0 Å². The first-order valence-corrected chi connectivity index (χ1v) is 4.19. The van der Waals surface area contributed by atoms with Gasteiger partial charge in [-0.05, 0) is 19.4 Å². The fraction of sp³-hybridized carbons (Fsp3) is 0.778. The molecule has 1 aliphatic carbocycles. The van der Waals surface area contributed by atoms with Crippen LogP contribution >= 0.6 is 0 Å². The van der Waals surface area contributed by atoms with E-state index in [4.69, 9.17) is 17.9 Å². The molecule has 1 rings (SSSR count). The zero-order valence-electron chi connectivity index (χ0n) is 6.84. The summed E-state index contributed by atoms with van der Waals surface area (Å²) < 4.78 is 0. The molecule has 0 spiro atoms. The van der Waals surface area contributed by atoms with E-state index in [2.05, 4.69) is 5.92 Å². The largest absolute Gasteiger partial charge is 0.330 e. The molecule has 0 unspecified atom stereocenters. The molecule has 0 radical (unpaired) electrons. The Morgan fingerprint density at radius 1 is 1.55 bits per heavy atom. The van der Waals surface area contributed by atoms with Gasteiger partial charge in [-0.3, -0.25) is 0 Å². The maximum absolute atomic E-state index is 6.00. The number of hydrogen-bond acceptors (Lipinski definition) is 2. The minimum atomic E-state index is -0.410. The highest BCUT2D eigenvalue weighted by atomic mass is 14.8. The predicted octanol–water partition coefficient (Wildman–Crippen LogP) is 0.466. The molecule has 0 aromatic carbocycles. The van der Waals surface area contributed by atoms with Crippen LogP contribution in [-0.4, -0.2) is 12.1 Å². The van der Waals surface area contributed by atoms with E-state index in [9.17, 15) is 0 Å². The molecular formula is C9H16N2. The first-order valence-electron chi connectivity index (χ1n) is 4.19. The molecule has 0 heterocycles. The summed E-state index contributed by atoms with van der Waals surface area (Å²) in [5.74, 6) is 3.01. The van der Waals surface area contributed by atoms with Crippen LogP contribution in [0.2, 0.25) is 0 Å². The Balaban J connectivity index is 2.67. The Bertz CT molecular complexity index is 171. The zero-order chi connectivity index (χ0) is 8.32. The van der Waals surface area contributed by atoms with Crippen LogP contribution in [0.15, 0.2) is 0 Å². The fourth-order valence-electron chi connectivity index (χ4n) is 1.79. The molecule has 62 valence electrons. The number of rotatable bonds is 1. The van der Waals surface area contributed by atoms with Crippen LogP contribution in [0.5, 0.6) is 0 Å². The van der Waals surface area contributed by atoms with Crippen molar-refractivity contribution in [2.24, 2.45) is 17.4 Å². The lowest BCUT2D eigenvalue weighted by molar-refractivity contribution is 0.254. The second-order valence-corrected chi connectivity index (χ2v) is 3.36. The molecule has 2 nitrogen and oxygen atoms in total. The van der Waals surface area contributed by atoms with Crippen molar-refractivity contribution >= 4 is 0 Å². The second kappa shape index (κ2) is 3.25. The predicted molar refractivity (Wildman–Crippen MR) is 46.8 cm³/mol. The second-order valence-electron chi connectivity index (χ2n) is 3.36. The highest BCUT2D eigenvalue weighted by Crippen LogP contribution is 2.30. The van der Waals surface area contributed by atoms with Crippen molar-refractivity contribution in [3.8, 4) is 12.3 Å². The third kappa shape index (κ3) is 1.55. The average Bonchev–Trinajstić information content (AvgIpc) is 2.05. The molecule has 0 aromatic heterocycles. The average molecular weight is 152 g/mol. The highest BCUT2D eigenvalue weighted by molar-refractivity contribution is 5.15. The Morgan fingerprint density at radius 2 is 2.27 bits per heavy atom. The van der Waals surface area contributed by atoms with Crippen molar-refractivity contribution in [3.63, 3.8) is 0 Å². The summed E-state index contributed by atoms with van der Waals surface area (Å²) in [4.78, 5) is 0. The van der Waals surface area contributed by atoms with Gasteiger partial charge in [-0.15, -0.1) is 6.42 Å². The maximum Gasteiger partial charge on any atom is 0.0813 e. The Morgan fingerprint density at radius 3 is 2.73 bits per heavy atom. The molecule has 1 fully saturated rings. The van der Waals surface area contributed by atoms with E-state index in [1.165, 1.54) is 6.42 Å². The minimum absolute atomic E-state index is 0.334. The molecule has 0 aromatic rings. The van der Waals surface area contributed by atoms with Crippen molar-refractivity contribution in [3.05, 3.63) is 0 Å². The molecule has 0 amide bonds. The third-order valence-electron chi connectivity index (χ3n) is 2.67. The van der Waals surface area contributed by atoms with E-state index in [1.54, 1.807) is 0 Å². The molecule has 2 atom stereocenters. The van der Waals surface area contributed by atoms with E-state index in [-0.39, 0.29) is 0 Å². The fourth-order valence-corrected chi connectivity index (χ4v) is 1.79. The molecule has 0 saturated heterocycles. The summed E-state index contributed by atoms with van der Waals surface area (Å²) in [6, 6.07) is 0. The van der Waals surface area contributed by atoms with Gasteiger partial charge >= 0.3 is 0 Å². The zero-order valence-corrected chi connectivity index (χ0v) is 6.84. The van der Waals surface area contributed by atoms with E-state index < -0.39 is 5.54 Å². The minimum Gasteiger partial charge on any atom is -0.330 e. The topological polar surface area (TPSA) is 52.0 Å². The van der Waals surface area contributed by atoms with Gasteiger partial charge < -0.3 is 11.5 Å². The van der Waals surface area contributed by atoms with Crippen LogP contribution in [0.1, 0.15) is 25.7 Å². The maximum atomic E-state index is 6.00. The molecule has 0 aliphatic heterocycles. The van der Waals surface area contributed by atoms with E-state index in [0.29, 0.717) is 12.5 Å². The lowest BCUT2D eigenvalue weighted by Gasteiger charge is -2.36. The summed E-state index contributed by atoms with van der Waals surface area (Å²) in [6.45, 7) is 0.626. The van der Waals surface area contributed by atoms with Gasteiger partial charge in [0.25, 0.3) is 0 Å². The standard InChI is InChI=1S/C9H16N2/c1-2-9(11)6-4-3-5-8(9)7-10/h1,8H,3-7,10-11H2/t8-,9-/m0/s1. The lowest BCUT2D eigenvalue weighted by atomic mass is 9.74. The smallest absolute Gasteiger partial charge is 0.0813 e. The van der Waals surface area contributed by atoms with E-state index >= 15 is 0 Å². The van der Waals surface area contributed by atoms with Crippen LogP contribution < -0.4 is 11.5 Å². The number of terminal acetylenes is 1. The molecular weight excluding hydrogens is 136 g/mol. The summed E-state index contributed by atoms with van der Waals surface area (Å²) in [6.07, 6.45) is 9.78. The van der Waals surface area contributed by atoms with Crippen LogP contribution in [0.3, 0.4) is 0 Å². The monoisotopic (exact) mass is 152 g/mol. The van der Waals surface area contributed by atoms with Gasteiger partial charge in [-0.25, -0.2) is 0 Å². The molecule has 0 bridgehead atoms. The Labute approximate surface area is 68.3 Å². The van der Waals surface area contributed by atoms with Crippen LogP contribution in [0, 0.1) is 18.3 Å². The van der Waals surface area contributed by atoms with Gasteiger partial charge in [0, 0.05) is 5.92 Å². The van der Waals surface area contributed by atoms with Gasteiger partial charge in [0.15, 0.2) is 0 Å². The Hall–Kier alpha value is -0.520. The SMILES string of the molecule is C#C[C@]1(N)CCCC[C@H]1CN. The summed E-state index contributed by atoms with van der Waals surface area (Å²) in [5, 5.41) is 0. The summed E-state index contributed by atoms with van der Waals surface area (Å²) in [7, 11) is 0. The molecule has 1 aliphatic rings. The normalized spacial score (nSPS) is 38.1. The van der Waals surface area contributed by atoms with Gasteiger partial charge in [0.05, 0.1) is 5.54 Å². The van der Waals surface area contributed by atoms with Crippen LogP contribution in [-0.2, 0) is 0 Å². The molecule has 11 heavy (non-hydrogen) atoms.